The Labute approximate surface area is 84.4 Å². The van der Waals surface area contributed by atoms with Crippen LogP contribution in [0.5, 0.6) is 0 Å². The van der Waals surface area contributed by atoms with E-state index >= 15 is 0 Å². The Balaban J connectivity index is 2.54. The van der Waals surface area contributed by atoms with Gasteiger partial charge in [0.05, 0.1) is 12.2 Å². The molecule has 0 amide bonds. The van der Waals surface area contributed by atoms with Gasteiger partial charge in [0.25, 0.3) is 0 Å². The lowest BCUT2D eigenvalue weighted by Gasteiger charge is -2.05. The molecule has 2 aromatic rings. The smallest absolute Gasteiger partial charge is 0.151 e. The summed E-state index contributed by atoms with van der Waals surface area (Å²) < 4.78 is 27.4. The second-order valence-electron chi connectivity index (χ2n) is 2.92. The molecule has 0 saturated heterocycles. The number of rotatable bonds is 2. The van der Waals surface area contributed by atoms with Crippen molar-refractivity contribution in [1.29, 1.82) is 0 Å². The highest BCUT2D eigenvalue weighted by atomic mass is 19.1. The van der Waals surface area contributed by atoms with Crippen molar-refractivity contribution in [3.05, 3.63) is 42.0 Å². The highest BCUT2D eigenvalue weighted by Crippen LogP contribution is 2.15. The van der Waals surface area contributed by atoms with E-state index in [1.54, 1.807) is 0 Å². The van der Waals surface area contributed by atoms with Crippen molar-refractivity contribution in [3.63, 3.8) is 0 Å². The summed E-state index contributed by atoms with van der Waals surface area (Å²) in [6, 6.07) is 3.28. The van der Waals surface area contributed by atoms with Crippen molar-refractivity contribution in [2.45, 2.75) is 6.54 Å². The van der Waals surface area contributed by atoms with Gasteiger partial charge in [-0.3, -0.25) is 4.57 Å². The van der Waals surface area contributed by atoms with Crippen molar-refractivity contribution in [1.82, 2.24) is 14.8 Å². The second-order valence-corrected chi connectivity index (χ2v) is 2.92. The number of nitrogens with zero attached hydrogens (tertiary/aromatic N) is 3. The van der Waals surface area contributed by atoms with Crippen LogP contribution in [0, 0.1) is 11.6 Å². The Morgan fingerprint density at radius 1 is 1.33 bits per heavy atom. The molecule has 78 valence electrons. The van der Waals surface area contributed by atoms with Crippen molar-refractivity contribution in [2.24, 2.45) is 5.73 Å². The summed E-state index contributed by atoms with van der Waals surface area (Å²) in [7, 11) is 0. The molecule has 0 aliphatic carbocycles. The van der Waals surface area contributed by atoms with E-state index in [1.165, 1.54) is 23.0 Å². The maximum absolute atomic E-state index is 13.4. The molecule has 2 rings (SSSR count). The first kappa shape index (κ1) is 9.72. The van der Waals surface area contributed by atoms with Crippen LogP contribution in [0.25, 0.3) is 5.69 Å². The van der Waals surface area contributed by atoms with Gasteiger partial charge in [0, 0.05) is 6.07 Å². The zero-order valence-electron chi connectivity index (χ0n) is 7.69. The predicted octanol–water partition coefficient (Wildman–Crippen LogP) is 1.00. The molecule has 1 aromatic carbocycles. The van der Waals surface area contributed by atoms with Gasteiger partial charge in [-0.25, -0.2) is 8.78 Å². The Morgan fingerprint density at radius 2 is 2.13 bits per heavy atom. The lowest BCUT2D eigenvalue weighted by atomic mass is 10.3. The SMILES string of the molecule is NCc1nncn1-c1ccc(F)cc1F. The lowest BCUT2D eigenvalue weighted by molar-refractivity contribution is 0.576. The van der Waals surface area contributed by atoms with Crippen LogP contribution in [-0.2, 0) is 6.54 Å². The Morgan fingerprint density at radius 3 is 2.80 bits per heavy atom. The molecule has 2 N–H and O–H groups in total. The largest absolute Gasteiger partial charge is 0.324 e. The van der Waals surface area contributed by atoms with E-state index in [2.05, 4.69) is 10.2 Å². The van der Waals surface area contributed by atoms with Crippen LogP contribution in [0.2, 0.25) is 0 Å². The van der Waals surface area contributed by atoms with Crippen molar-refractivity contribution < 1.29 is 8.78 Å². The topological polar surface area (TPSA) is 56.7 Å². The van der Waals surface area contributed by atoms with Crippen LogP contribution in [-0.4, -0.2) is 14.8 Å². The van der Waals surface area contributed by atoms with Crippen molar-refractivity contribution in [2.75, 3.05) is 0 Å². The molecule has 4 nitrogen and oxygen atoms in total. The fourth-order valence-corrected chi connectivity index (χ4v) is 1.28. The average Bonchev–Trinajstić information content (AvgIpc) is 2.65. The van der Waals surface area contributed by atoms with Gasteiger partial charge in [-0.05, 0) is 12.1 Å². The predicted molar refractivity (Wildman–Crippen MR) is 49.2 cm³/mol. The lowest BCUT2D eigenvalue weighted by Crippen LogP contribution is -2.07. The molecule has 0 aliphatic heterocycles. The van der Waals surface area contributed by atoms with E-state index in [4.69, 9.17) is 5.73 Å². The highest BCUT2D eigenvalue weighted by molar-refractivity contribution is 5.34. The zero-order chi connectivity index (χ0) is 10.8. The van der Waals surface area contributed by atoms with Crippen LogP contribution >= 0.6 is 0 Å². The molecular weight excluding hydrogens is 202 g/mol. The third-order valence-corrected chi connectivity index (χ3v) is 1.97. The minimum Gasteiger partial charge on any atom is -0.324 e. The van der Waals surface area contributed by atoms with Gasteiger partial charge in [-0.2, -0.15) is 0 Å². The zero-order valence-corrected chi connectivity index (χ0v) is 7.69. The number of nitrogens with two attached hydrogens (primary N) is 1. The number of aromatic nitrogens is 3. The van der Waals surface area contributed by atoms with E-state index in [9.17, 15) is 8.78 Å². The first-order valence-corrected chi connectivity index (χ1v) is 4.27. The van der Waals surface area contributed by atoms with Gasteiger partial charge in [-0.1, -0.05) is 0 Å². The maximum Gasteiger partial charge on any atom is 0.151 e. The Bertz CT molecular complexity index is 481. The minimum atomic E-state index is -0.676. The number of hydrogen-bond donors (Lipinski definition) is 1. The monoisotopic (exact) mass is 210 g/mol. The molecule has 0 atom stereocenters. The molecule has 6 heteroatoms. The first-order chi connectivity index (χ1) is 7.22. The van der Waals surface area contributed by atoms with Gasteiger partial charge in [0.1, 0.15) is 18.0 Å². The molecule has 0 saturated carbocycles. The molecule has 0 spiro atoms. The summed E-state index contributed by atoms with van der Waals surface area (Å²) in [6.45, 7) is 0.136. The summed E-state index contributed by atoms with van der Waals surface area (Å²) in [6.07, 6.45) is 1.33. The molecular formula is C9H8F2N4. The molecule has 0 fully saturated rings. The summed E-state index contributed by atoms with van der Waals surface area (Å²) in [5.74, 6) is -0.886. The van der Waals surface area contributed by atoms with Crippen LogP contribution in [0.3, 0.4) is 0 Å². The molecule has 0 radical (unpaired) electrons. The molecule has 1 aromatic heterocycles. The maximum atomic E-state index is 13.4. The van der Waals surface area contributed by atoms with E-state index in [0.717, 1.165) is 6.07 Å². The quantitative estimate of drug-likeness (QED) is 0.804. The fraction of sp³-hybridized carbons (Fsp3) is 0.111. The molecule has 0 aliphatic rings. The van der Waals surface area contributed by atoms with Gasteiger partial charge in [0.15, 0.2) is 5.82 Å². The third-order valence-electron chi connectivity index (χ3n) is 1.97. The van der Waals surface area contributed by atoms with E-state index in [-0.39, 0.29) is 12.2 Å². The van der Waals surface area contributed by atoms with Gasteiger partial charge in [0.2, 0.25) is 0 Å². The van der Waals surface area contributed by atoms with Gasteiger partial charge in [-0.15, -0.1) is 10.2 Å². The Hall–Kier alpha value is -1.82. The van der Waals surface area contributed by atoms with Crippen molar-refractivity contribution >= 4 is 0 Å². The standard InChI is InChI=1S/C9H8F2N4/c10-6-1-2-8(7(11)3-6)15-5-13-14-9(15)4-12/h1-3,5H,4,12H2. The average molecular weight is 210 g/mol. The van der Waals surface area contributed by atoms with Crippen LogP contribution in [0.4, 0.5) is 8.78 Å². The first-order valence-electron chi connectivity index (χ1n) is 4.27. The van der Waals surface area contributed by atoms with E-state index < -0.39 is 11.6 Å². The summed E-state index contributed by atoms with van der Waals surface area (Å²) in [5.41, 5.74) is 5.57. The summed E-state index contributed by atoms with van der Waals surface area (Å²) in [4.78, 5) is 0. The van der Waals surface area contributed by atoms with Crippen LogP contribution in [0.15, 0.2) is 24.5 Å². The van der Waals surface area contributed by atoms with Crippen LogP contribution < -0.4 is 5.73 Å². The van der Waals surface area contributed by atoms with E-state index in [0.29, 0.717) is 5.82 Å². The third kappa shape index (κ3) is 1.71. The highest BCUT2D eigenvalue weighted by Gasteiger charge is 2.09. The van der Waals surface area contributed by atoms with Gasteiger partial charge < -0.3 is 5.73 Å². The normalized spacial score (nSPS) is 10.6. The van der Waals surface area contributed by atoms with E-state index in [1.807, 2.05) is 0 Å². The fourth-order valence-electron chi connectivity index (χ4n) is 1.28. The molecule has 0 bridgehead atoms. The molecule has 1 heterocycles. The molecule has 0 unspecified atom stereocenters. The minimum absolute atomic E-state index is 0.136. The van der Waals surface area contributed by atoms with Gasteiger partial charge >= 0.3 is 0 Å². The van der Waals surface area contributed by atoms with Crippen molar-refractivity contribution in [3.8, 4) is 5.69 Å². The number of halogens is 2. The number of benzene rings is 1. The summed E-state index contributed by atoms with van der Waals surface area (Å²) >= 11 is 0. The summed E-state index contributed by atoms with van der Waals surface area (Å²) in [5, 5.41) is 7.31. The molecule has 15 heavy (non-hydrogen) atoms. The Kier molecular flexibility index (Phi) is 2.42. The van der Waals surface area contributed by atoms with Crippen LogP contribution in [0.1, 0.15) is 5.82 Å². The second kappa shape index (κ2) is 3.74. The number of hydrogen-bond acceptors (Lipinski definition) is 3.